The minimum Gasteiger partial charge on any atom is -0.368 e. The van der Waals surface area contributed by atoms with Crippen molar-refractivity contribution in [3.05, 3.63) is 12.4 Å². The lowest BCUT2D eigenvalue weighted by atomic mass is 10.4. The summed E-state index contributed by atoms with van der Waals surface area (Å²) in [4.78, 5) is 9.68. The van der Waals surface area contributed by atoms with Crippen molar-refractivity contribution < 1.29 is 8.42 Å². The molecule has 1 aliphatic rings. The minimum absolute atomic E-state index is 0.0737. The number of nitrogens with two attached hydrogens (primary N) is 1. The summed E-state index contributed by atoms with van der Waals surface area (Å²) in [7, 11) is -1.51. The van der Waals surface area contributed by atoms with Crippen LogP contribution in [0.25, 0.3) is 0 Å². The molecule has 0 aliphatic carbocycles. The molecule has 0 unspecified atom stereocenters. The van der Waals surface area contributed by atoms with Gasteiger partial charge in [0.25, 0.3) is 0 Å². The highest BCUT2D eigenvalue weighted by Crippen LogP contribution is 2.16. The lowest BCUT2D eigenvalue weighted by Crippen LogP contribution is -2.34. The van der Waals surface area contributed by atoms with Gasteiger partial charge >= 0.3 is 0 Å². The molecule has 1 fully saturated rings. The van der Waals surface area contributed by atoms with Gasteiger partial charge in [-0.2, -0.15) is 4.31 Å². The molecule has 0 aromatic carbocycles. The molecule has 1 aromatic heterocycles. The Morgan fingerprint density at radius 3 is 2.50 bits per heavy atom. The van der Waals surface area contributed by atoms with Crippen molar-refractivity contribution in [2.45, 2.75) is 11.3 Å². The lowest BCUT2D eigenvalue weighted by Gasteiger charge is -2.19. The summed E-state index contributed by atoms with van der Waals surface area (Å²) in [6, 6.07) is 0. The van der Waals surface area contributed by atoms with Gasteiger partial charge in [0.2, 0.25) is 16.0 Å². The van der Waals surface area contributed by atoms with Crippen LogP contribution in [0.15, 0.2) is 17.3 Å². The molecule has 2 rings (SSSR count). The second-order valence-electron chi connectivity index (χ2n) is 4.34. The Balaban J connectivity index is 2.22. The van der Waals surface area contributed by atoms with Crippen molar-refractivity contribution in [2.24, 2.45) is 0 Å². The Bertz CT molecular complexity index is 502. The molecule has 0 radical (unpaired) electrons. The SMILES string of the molecule is CN1CCCN(S(=O)(=O)c2cnc(N)nc2)CC1. The van der Waals surface area contributed by atoms with E-state index in [0.29, 0.717) is 13.1 Å². The van der Waals surface area contributed by atoms with Gasteiger partial charge in [-0.3, -0.25) is 0 Å². The largest absolute Gasteiger partial charge is 0.368 e. The van der Waals surface area contributed by atoms with Gasteiger partial charge in [-0.15, -0.1) is 0 Å². The van der Waals surface area contributed by atoms with Crippen LogP contribution < -0.4 is 5.73 Å². The molecule has 18 heavy (non-hydrogen) atoms. The van der Waals surface area contributed by atoms with Gasteiger partial charge in [-0.25, -0.2) is 18.4 Å². The zero-order valence-corrected chi connectivity index (χ0v) is 11.1. The van der Waals surface area contributed by atoms with Crippen LogP contribution in [-0.2, 0) is 10.0 Å². The third-order valence-corrected chi connectivity index (χ3v) is 4.82. The maximum atomic E-state index is 12.3. The summed E-state index contributed by atoms with van der Waals surface area (Å²) >= 11 is 0. The first-order valence-electron chi connectivity index (χ1n) is 5.76. The highest BCUT2D eigenvalue weighted by molar-refractivity contribution is 7.89. The molecule has 100 valence electrons. The zero-order chi connectivity index (χ0) is 13.2. The smallest absolute Gasteiger partial charge is 0.246 e. The fraction of sp³-hybridized carbons (Fsp3) is 0.600. The maximum absolute atomic E-state index is 12.3. The molecule has 7 nitrogen and oxygen atoms in total. The van der Waals surface area contributed by atoms with Crippen LogP contribution in [0.5, 0.6) is 0 Å². The summed E-state index contributed by atoms with van der Waals surface area (Å²) in [5.74, 6) is 0.0737. The Labute approximate surface area is 107 Å². The molecule has 0 bridgehead atoms. The Morgan fingerprint density at radius 1 is 1.17 bits per heavy atom. The monoisotopic (exact) mass is 271 g/mol. The second-order valence-corrected chi connectivity index (χ2v) is 6.28. The summed E-state index contributed by atoms with van der Waals surface area (Å²) < 4.78 is 26.2. The highest BCUT2D eigenvalue weighted by atomic mass is 32.2. The zero-order valence-electron chi connectivity index (χ0n) is 10.3. The first kappa shape index (κ1) is 13.2. The van der Waals surface area contributed by atoms with Crippen molar-refractivity contribution >= 4 is 16.0 Å². The van der Waals surface area contributed by atoms with Crippen LogP contribution >= 0.6 is 0 Å². The molecule has 2 heterocycles. The lowest BCUT2D eigenvalue weighted by molar-refractivity contribution is 0.347. The fourth-order valence-electron chi connectivity index (χ4n) is 1.87. The van der Waals surface area contributed by atoms with E-state index in [4.69, 9.17) is 5.73 Å². The number of aromatic nitrogens is 2. The molecule has 1 saturated heterocycles. The Kier molecular flexibility index (Phi) is 3.79. The van der Waals surface area contributed by atoms with Crippen molar-refractivity contribution in [3.8, 4) is 0 Å². The summed E-state index contributed by atoms with van der Waals surface area (Å²) in [5, 5.41) is 0. The highest BCUT2D eigenvalue weighted by Gasteiger charge is 2.26. The average molecular weight is 271 g/mol. The number of hydrogen-bond acceptors (Lipinski definition) is 6. The van der Waals surface area contributed by atoms with Crippen LogP contribution in [0.4, 0.5) is 5.95 Å². The van der Waals surface area contributed by atoms with Gasteiger partial charge in [-0.1, -0.05) is 0 Å². The molecule has 2 N–H and O–H groups in total. The molecule has 1 aliphatic heterocycles. The predicted molar refractivity (Wildman–Crippen MR) is 67.3 cm³/mol. The molecular formula is C10H17N5O2S. The van der Waals surface area contributed by atoms with E-state index in [2.05, 4.69) is 14.9 Å². The fourth-order valence-corrected chi connectivity index (χ4v) is 3.23. The number of rotatable bonds is 2. The average Bonchev–Trinajstić information content (AvgIpc) is 2.55. The van der Waals surface area contributed by atoms with E-state index in [9.17, 15) is 8.42 Å². The van der Waals surface area contributed by atoms with Crippen molar-refractivity contribution in [2.75, 3.05) is 39.0 Å². The van der Waals surface area contributed by atoms with Gasteiger partial charge in [0.15, 0.2) is 0 Å². The Morgan fingerprint density at radius 2 is 1.83 bits per heavy atom. The number of hydrogen-bond donors (Lipinski definition) is 1. The van der Waals surface area contributed by atoms with Crippen LogP contribution in [0.1, 0.15) is 6.42 Å². The predicted octanol–water partition coefficient (Wildman–Crippen LogP) is -0.615. The summed E-state index contributed by atoms with van der Waals surface area (Å²) in [5.41, 5.74) is 5.35. The van der Waals surface area contributed by atoms with E-state index < -0.39 is 10.0 Å². The van der Waals surface area contributed by atoms with Crippen LogP contribution in [0.2, 0.25) is 0 Å². The van der Waals surface area contributed by atoms with Gasteiger partial charge in [0.05, 0.1) is 12.4 Å². The number of likely N-dealkylation sites (N-methyl/N-ethyl adjacent to an activating group) is 1. The molecule has 0 amide bonds. The van der Waals surface area contributed by atoms with Gasteiger partial charge in [0, 0.05) is 19.6 Å². The van der Waals surface area contributed by atoms with Crippen molar-refractivity contribution in [3.63, 3.8) is 0 Å². The molecule has 0 saturated carbocycles. The minimum atomic E-state index is -3.50. The normalized spacial score (nSPS) is 19.6. The number of anilines is 1. The Hall–Kier alpha value is -1.25. The van der Waals surface area contributed by atoms with Crippen molar-refractivity contribution in [1.29, 1.82) is 0 Å². The van der Waals surface area contributed by atoms with E-state index in [1.54, 1.807) is 0 Å². The molecule has 8 heteroatoms. The topological polar surface area (TPSA) is 92.4 Å². The molecular weight excluding hydrogens is 254 g/mol. The first-order chi connectivity index (χ1) is 8.50. The van der Waals surface area contributed by atoms with E-state index in [1.807, 2.05) is 7.05 Å². The van der Waals surface area contributed by atoms with Crippen LogP contribution in [0.3, 0.4) is 0 Å². The van der Waals surface area contributed by atoms with E-state index >= 15 is 0 Å². The third-order valence-electron chi connectivity index (χ3n) is 2.96. The summed E-state index contributed by atoms with van der Waals surface area (Å²) in [6.07, 6.45) is 3.34. The van der Waals surface area contributed by atoms with E-state index in [-0.39, 0.29) is 10.8 Å². The van der Waals surface area contributed by atoms with Gasteiger partial charge in [0.1, 0.15) is 4.90 Å². The second kappa shape index (κ2) is 5.17. The van der Waals surface area contributed by atoms with Gasteiger partial charge < -0.3 is 10.6 Å². The quantitative estimate of drug-likeness (QED) is 0.771. The standard InChI is InChI=1S/C10H17N5O2S/c1-14-3-2-4-15(6-5-14)18(16,17)9-7-12-10(11)13-8-9/h7-8H,2-6H2,1H3,(H2,11,12,13). The third kappa shape index (κ3) is 2.77. The summed E-state index contributed by atoms with van der Waals surface area (Å²) in [6.45, 7) is 2.65. The van der Waals surface area contributed by atoms with E-state index in [1.165, 1.54) is 16.7 Å². The number of nitrogens with zero attached hydrogens (tertiary/aromatic N) is 4. The molecule has 0 atom stereocenters. The van der Waals surface area contributed by atoms with Crippen molar-refractivity contribution in [1.82, 2.24) is 19.2 Å². The van der Waals surface area contributed by atoms with E-state index in [0.717, 1.165) is 19.5 Å². The molecule has 1 aromatic rings. The number of nitrogen functional groups attached to an aromatic ring is 1. The molecule has 0 spiro atoms. The van der Waals surface area contributed by atoms with Crippen LogP contribution in [0, 0.1) is 0 Å². The first-order valence-corrected chi connectivity index (χ1v) is 7.20. The van der Waals surface area contributed by atoms with Gasteiger partial charge in [-0.05, 0) is 20.0 Å². The number of sulfonamides is 1. The maximum Gasteiger partial charge on any atom is 0.246 e. The van der Waals surface area contributed by atoms with Crippen LogP contribution in [-0.4, -0.2) is 60.8 Å².